The summed E-state index contributed by atoms with van der Waals surface area (Å²) in [5.41, 5.74) is 0.655. The lowest BCUT2D eigenvalue weighted by molar-refractivity contribution is -0.135. The molecule has 2 heterocycles. The fourth-order valence-electron chi connectivity index (χ4n) is 2.95. The molecule has 1 saturated heterocycles. The SMILES string of the molecule is CC(C)C(=O)N1CCC[C@@H](c2nnc(C(=O)Nc3ccc(Cl)cc3)s2)C1. The Kier molecular flexibility index (Phi) is 5.88. The van der Waals surface area contributed by atoms with Crippen LogP contribution in [0.1, 0.15) is 47.4 Å². The predicted octanol–water partition coefficient (Wildman–Crippen LogP) is 3.81. The second-order valence-corrected chi connectivity index (χ2v) is 8.13. The Morgan fingerprint density at radius 1 is 1.27 bits per heavy atom. The third-order valence-electron chi connectivity index (χ3n) is 4.31. The maximum absolute atomic E-state index is 12.4. The lowest BCUT2D eigenvalue weighted by Gasteiger charge is -2.32. The van der Waals surface area contributed by atoms with Crippen LogP contribution in [-0.4, -0.2) is 40.0 Å². The number of likely N-dealkylation sites (tertiary alicyclic amines) is 1. The van der Waals surface area contributed by atoms with Gasteiger partial charge in [-0.05, 0) is 37.1 Å². The average Bonchev–Trinajstić information content (AvgIpc) is 3.13. The molecular formula is C18H21ClN4O2S. The van der Waals surface area contributed by atoms with E-state index in [4.69, 9.17) is 11.6 Å². The molecule has 2 aromatic rings. The van der Waals surface area contributed by atoms with Gasteiger partial charge in [0.2, 0.25) is 10.9 Å². The zero-order chi connectivity index (χ0) is 18.7. The molecule has 1 aromatic carbocycles. The van der Waals surface area contributed by atoms with Crippen LogP contribution >= 0.6 is 22.9 Å². The molecule has 26 heavy (non-hydrogen) atoms. The topological polar surface area (TPSA) is 75.2 Å². The van der Waals surface area contributed by atoms with Crippen molar-refractivity contribution in [3.63, 3.8) is 0 Å². The van der Waals surface area contributed by atoms with Crippen molar-refractivity contribution in [2.75, 3.05) is 18.4 Å². The number of nitrogens with one attached hydrogen (secondary N) is 1. The van der Waals surface area contributed by atoms with Gasteiger partial charge in [0.15, 0.2) is 0 Å². The molecule has 8 heteroatoms. The summed E-state index contributed by atoms with van der Waals surface area (Å²) in [6, 6.07) is 6.90. The third-order valence-corrected chi connectivity index (χ3v) is 5.65. The van der Waals surface area contributed by atoms with Gasteiger partial charge in [-0.15, -0.1) is 10.2 Å². The summed E-state index contributed by atoms with van der Waals surface area (Å²) >= 11 is 7.14. The largest absolute Gasteiger partial charge is 0.342 e. The molecule has 1 fully saturated rings. The van der Waals surface area contributed by atoms with Gasteiger partial charge < -0.3 is 10.2 Å². The molecule has 0 unspecified atom stereocenters. The number of anilines is 1. The number of hydrogen-bond donors (Lipinski definition) is 1. The van der Waals surface area contributed by atoms with Crippen molar-refractivity contribution in [3.8, 4) is 0 Å². The van der Waals surface area contributed by atoms with E-state index < -0.39 is 0 Å². The van der Waals surface area contributed by atoms with Crippen molar-refractivity contribution < 1.29 is 9.59 Å². The predicted molar refractivity (Wildman–Crippen MR) is 103 cm³/mol. The average molecular weight is 393 g/mol. The van der Waals surface area contributed by atoms with E-state index >= 15 is 0 Å². The Hall–Kier alpha value is -1.99. The lowest BCUT2D eigenvalue weighted by atomic mass is 9.97. The Balaban J connectivity index is 1.66. The molecule has 1 aliphatic heterocycles. The Morgan fingerprint density at radius 2 is 2.00 bits per heavy atom. The number of benzene rings is 1. The number of rotatable bonds is 4. The van der Waals surface area contributed by atoms with Gasteiger partial charge in [0.05, 0.1) is 0 Å². The van der Waals surface area contributed by atoms with Crippen molar-refractivity contribution >= 4 is 40.4 Å². The molecule has 1 aliphatic rings. The number of aromatic nitrogens is 2. The standard InChI is InChI=1S/C18H21ClN4O2S/c1-11(2)18(25)23-9-3-4-12(10-23)16-21-22-17(26-16)15(24)20-14-7-5-13(19)6-8-14/h5-8,11-12H,3-4,9-10H2,1-2H3,(H,20,24)/t12-/m1/s1. The van der Waals surface area contributed by atoms with Crippen LogP contribution in [0.2, 0.25) is 5.02 Å². The zero-order valence-corrected chi connectivity index (χ0v) is 16.3. The molecule has 0 bridgehead atoms. The Morgan fingerprint density at radius 3 is 2.69 bits per heavy atom. The molecule has 2 amide bonds. The number of carbonyl (C=O) groups is 2. The molecule has 6 nitrogen and oxygen atoms in total. The number of halogens is 1. The van der Waals surface area contributed by atoms with Crippen molar-refractivity contribution in [1.29, 1.82) is 0 Å². The summed E-state index contributed by atoms with van der Waals surface area (Å²) in [5, 5.41) is 12.8. The van der Waals surface area contributed by atoms with Gasteiger partial charge >= 0.3 is 0 Å². The number of piperidine rings is 1. The normalized spacial score (nSPS) is 17.4. The van der Waals surface area contributed by atoms with E-state index in [-0.39, 0.29) is 23.7 Å². The van der Waals surface area contributed by atoms with Crippen LogP contribution in [0.4, 0.5) is 5.69 Å². The summed E-state index contributed by atoms with van der Waals surface area (Å²) in [6.45, 7) is 5.26. The van der Waals surface area contributed by atoms with Gasteiger partial charge in [0.1, 0.15) is 5.01 Å². The first-order chi connectivity index (χ1) is 12.4. The van der Waals surface area contributed by atoms with Gasteiger partial charge in [0, 0.05) is 35.6 Å². The first-order valence-electron chi connectivity index (χ1n) is 8.63. The van der Waals surface area contributed by atoms with Gasteiger partial charge in [-0.2, -0.15) is 0 Å². The van der Waals surface area contributed by atoms with E-state index in [2.05, 4.69) is 15.5 Å². The van der Waals surface area contributed by atoms with Crippen molar-refractivity contribution in [2.24, 2.45) is 5.92 Å². The second kappa shape index (κ2) is 8.14. The van der Waals surface area contributed by atoms with E-state index in [9.17, 15) is 9.59 Å². The molecule has 1 aromatic heterocycles. The molecule has 0 spiro atoms. The van der Waals surface area contributed by atoms with Crippen molar-refractivity contribution in [1.82, 2.24) is 15.1 Å². The van der Waals surface area contributed by atoms with Crippen LogP contribution in [-0.2, 0) is 4.79 Å². The second-order valence-electron chi connectivity index (χ2n) is 6.68. The van der Waals surface area contributed by atoms with Gasteiger partial charge in [-0.25, -0.2) is 0 Å². The maximum atomic E-state index is 12.4. The molecule has 1 N–H and O–H groups in total. The highest BCUT2D eigenvalue weighted by molar-refractivity contribution is 7.13. The van der Waals surface area contributed by atoms with Crippen molar-refractivity contribution in [3.05, 3.63) is 39.3 Å². The zero-order valence-electron chi connectivity index (χ0n) is 14.7. The summed E-state index contributed by atoms with van der Waals surface area (Å²) in [6.07, 6.45) is 1.89. The minimum atomic E-state index is -0.290. The molecule has 0 radical (unpaired) electrons. The minimum Gasteiger partial charge on any atom is -0.342 e. The third kappa shape index (κ3) is 4.40. The van der Waals surface area contributed by atoms with Crippen LogP contribution in [0, 0.1) is 5.92 Å². The van der Waals surface area contributed by atoms with Gasteiger partial charge in [-0.1, -0.05) is 36.8 Å². The first-order valence-corrected chi connectivity index (χ1v) is 9.82. The molecule has 3 rings (SSSR count). The minimum absolute atomic E-state index is 0.0103. The fourth-order valence-corrected chi connectivity index (χ4v) is 3.94. The fraction of sp³-hybridized carbons (Fsp3) is 0.444. The van der Waals surface area contributed by atoms with Crippen LogP contribution < -0.4 is 5.32 Å². The highest BCUT2D eigenvalue weighted by Crippen LogP contribution is 2.30. The summed E-state index contributed by atoms with van der Waals surface area (Å²) in [7, 11) is 0. The van der Waals surface area contributed by atoms with Gasteiger partial charge in [0.25, 0.3) is 5.91 Å². The Bertz CT molecular complexity index is 791. The summed E-state index contributed by atoms with van der Waals surface area (Å²) < 4.78 is 0. The van der Waals surface area contributed by atoms with E-state index in [0.717, 1.165) is 24.4 Å². The van der Waals surface area contributed by atoms with Crippen LogP contribution in [0.5, 0.6) is 0 Å². The molecular weight excluding hydrogens is 372 g/mol. The van der Waals surface area contributed by atoms with Crippen LogP contribution in [0.3, 0.4) is 0 Å². The Labute approximate surface area is 161 Å². The van der Waals surface area contributed by atoms with Crippen molar-refractivity contribution in [2.45, 2.75) is 32.6 Å². The molecule has 138 valence electrons. The maximum Gasteiger partial charge on any atom is 0.286 e. The van der Waals surface area contributed by atoms with E-state index in [1.807, 2.05) is 18.7 Å². The summed E-state index contributed by atoms with van der Waals surface area (Å²) in [4.78, 5) is 26.5. The quantitative estimate of drug-likeness (QED) is 0.858. The van der Waals surface area contributed by atoms with Gasteiger partial charge in [-0.3, -0.25) is 9.59 Å². The number of carbonyl (C=O) groups excluding carboxylic acids is 2. The van der Waals surface area contributed by atoms with Crippen LogP contribution in [0.25, 0.3) is 0 Å². The smallest absolute Gasteiger partial charge is 0.286 e. The van der Waals surface area contributed by atoms with E-state index in [1.165, 1.54) is 11.3 Å². The van der Waals surface area contributed by atoms with E-state index in [1.54, 1.807) is 24.3 Å². The number of nitrogens with zero attached hydrogens (tertiary/aromatic N) is 3. The molecule has 0 saturated carbocycles. The summed E-state index contributed by atoms with van der Waals surface area (Å²) in [5.74, 6) is 0.00633. The number of amides is 2. The lowest BCUT2D eigenvalue weighted by Crippen LogP contribution is -2.41. The molecule has 1 atom stereocenters. The highest BCUT2D eigenvalue weighted by atomic mass is 35.5. The highest BCUT2D eigenvalue weighted by Gasteiger charge is 2.28. The first kappa shape index (κ1) is 18.8. The van der Waals surface area contributed by atoms with Crippen LogP contribution in [0.15, 0.2) is 24.3 Å². The molecule has 0 aliphatic carbocycles. The monoisotopic (exact) mass is 392 g/mol. The van der Waals surface area contributed by atoms with E-state index in [0.29, 0.717) is 22.3 Å². The number of hydrogen-bond acceptors (Lipinski definition) is 5.